The van der Waals surface area contributed by atoms with E-state index < -0.39 is 6.43 Å². The molecule has 0 N–H and O–H groups in total. The maximum Gasteiger partial charge on any atom is 0.264 e. The number of hydrogen-bond donors (Lipinski definition) is 0. The summed E-state index contributed by atoms with van der Waals surface area (Å²) in [4.78, 5) is 4.62. The molecule has 0 atom stereocenters. The van der Waals surface area contributed by atoms with E-state index in [0.717, 1.165) is 29.7 Å². The number of hydrogen-bond acceptors (Lipinski definition) is 2. The molecule has 0 radical (unpaired) electrons. The van der Waals surface area contributed by atoms with E-state index in [9.17, 15) is 8.78 Å². The first-order valence-corrected chi connectivity index (χ1v) is 7.77. The third-order valence-corrected chi connectivity index (χ3v) is 4.40. The van der Waals surface area contributed by atoms with Crippen molar-refractivity contribution in [2.75, 3.05) is 0 Å². The SMILES string of the molecule is Cc1ccc(-c2cc(C(F)F)c3c(C4CC4)nn(C)c3n2)cc1. The van der Waals surface area contributed by atoms with Gasteiger partial charge >= 0.3 is 0 Å². The number of aromatic nitrogens is 3. The lowest BCUT2D eigenvalue weighted by atomic mass is 10.0. The number of pyridine rings is 1. The maximum atomic E-state index is 13.7. The summed E-state index contributed by atoms with van der Waals surface area (Å²) in [5, 5.41) is 5.01. The molecular weight excluding hydrogens is 296 g/mol. The molecule has 5 heteroatoms. The van der Waals surface area contributed by atoms with Gasteiger partial charge in [0, 0.05) is 24.1 Å². The molecule has 0 amide bonds. The van der Waals surface area contributed by atoms with Gasteiger partial charge < -0.3 is 0 Å². The molecule has 2 heterocycles. The fraction of sp³-hybridized carbons (Fsp3) is 0.333. The van der Waals surface area contributed by atoms with Gasteiger partial charge in [-0.2, -0.15) is 5.10 Å². The van der Waals surface area contributed by atoms with Gasteiger partial charge in [-0.05, 0) is 25.8 Å². The van der Waals surface area contributed by atoms with Crippen molar-refractivity contribution >= 4 is 11.0 Å². The molecule has 0 unspecified atom stereocenters. The predicted octanol–water partition coefficient (Wildman–Crippen LogP) is 4.76. The summed E-state index contributed by atoms with van der Waals surface area (Å²) in [5.74, 6) is 0.309. The molecule has 23 heavy (non-hydrogen) atoms. The van der Waals surface area contributed by atoms with Gasteiger partial charge in [0.15, 0.2) is 5.65 Å². The Morgan fingerprint density at radius 1 is 1.17 bits per heavy atom. The van der Waals surface area contributed by atoms with Crippen LogP contribution in [-0.4, -0.2) is 14.8 Å². The highest BCUT2D eigenvalue weighted by Gasteiger charge is 2.32. The first kappa shape index (κ1) is 14.3. The Labute approximate surface area is 133 Å². The average molecular weight is 313 g/mol. The Morgan fingerprint density at radius 3 is 2.48 bits per heavy atom. The minimum absolute atomic E-state index is 0.0422. The van der Waals surface area contributed by atoms with Crippen LogP contribution in [-0.2, 0) is 7.05 Å². The summed E-state index contributed by atoms with van der Waals surface area (Å²) >= 11 is 0. The van der Waals surface area contributed by atoms with Crippen molar-refractivity contribution in [3.63, 3.8) is 0 Å². The second kappa shape index (κ2) is 5.11. The second-order valence-corrected chi connectivity index (χ2v) is 6.25. The molecule has 0 aliphatic heterocycles. The summed E-state index contributed by atoms with van der Waals surface area (Å²) in [5.41, 5.74) is 3.90. The molecule has 118 valence electrons. The van der Waals surface area contributed by atoms with Gasteiger partial charge in [0.1, 0.15) is 0 Å². The van der Waals surface area contributed by atoms with E-state index in [1.54, 1.807) is 11.7 Å². The van der Waals surface area contributed by atoms with Crippen LogP contribution in [0.25, 0.3) is 22.3 Å². The zero-order chi connectivity index (χ0) is 16.1. The second-order valence-electron chi connectivity index (χ2n) is 6.25. The van der Waals surface area contributed by atoms with E-state index in [0.29, 0.717) is 22.6 Å². The minimum atomic E-state index is -2.54. The van der Waals surface area contributed by atoms with Gasteiger partial charge in [0.25, 0.3) is 6.43 Å². The molecule has 0 spiro atoms. The largest absolute Gasteiger partial charge is 0.264 e. The molecule has 3 aromatic rings. The predicted molar refractivity (Wildman–Crippen MR) is 85.6 cm³/mol. The third kappa shape index (κ3) is 2.40. The van der Waals surface area contributed by atoms with E-state index >= 15 is 0 Å². The van der Waals surface area contributed by atoms with Crippen molar-refractivity contribution in [3.05, 3.63) is 47.2 Å². The van der Waals surface area contributed by atoms with E-state index in [1.165, 1.54) is 6.07 Å². The topological polar surface area (TPSA) is 30.7 Å². The van der Waals surface area contributed by atoms with E-state index in [1.807, 2.05) is 31.2 Å². The van der Waals surface area contributed by atoms with Gasteiger partial charge in [-0.3, -0.25) is 4.68 Å². The van der Waals surface area contributed by atoms with Crippen LogP contribution in [0.4, 0.5) is 8.78 Å². The number of alkyl halides is 2. The van der Waals surface area contributed by atoms with Crippen LogP contribution >= 0.6 is 0 Å². The van der Waals surface area contributed by atoms with Gasteiger partial charge in [0.05, 0.1) is 16.8 Å². The molecule has 0 saturated heterocycles. The minimum Gasteiger partial charge on any atom is -0.250 e. The number of rotatable bonds is 3. The lowest BCUT2D eigenvalue weighted by Crippen LogP contribution is -1.96. The van der Waals surface area contributed by atoms with Crippen molar-refractivity contribution in [3.8, 4) is 11.3 Å². The molecule has 0 bridgehead atoms. The van der Waals surface area contributed by atoms with E-state index in [4.69, 9.17) is 0 Å². The number of fused-ring (bicyclic) bond motifs is 1. The number of aryl methyl sites for hydroxylation is 2. The lowest BCUT2D eigenvalue weighted by molar-refractivity contribution is 0.153. The van der Waals surface area contributed by atoms with Crippen molar-refractivity contribution in [1.82, 2.24) is 14.8 Å². The van der Waals surface area contributed by atoms with Crippen LogP contribution in [0.3, 0.4) is 0 Å². The van der Waals surface area contributed by atoms with Crippen LogP contribution in [0.15, 0.2) is 30.3 Å². The van der Waals surface area contributed by atoms with Gasteiger partial charge in [0.2, 0.25) is 0 Å². The van der Waals surface area contributed by atoms with Crippen molar-refractivity contribution in [1.29, 1.82) is 0 Å². The van der Waals surface area contributed by atoms with Gasteiger partial charge in [-0.15, -0.1) is 0 Å². The van der Waals surface area contributed by atoms with Crippen LogP contribution < -0.4 is 0 Å². The summed E-state index contributed by atoms with van der Waals surface area (Å²) < 4.78 is 29.0. The first-order chi connectivity index (χ1) is 11.0. The Hall–Kier alpha value is -2.30. The fourth-order valence-electron chi connectivity index (χ4n) is 2.99. The maximum absolute atomic E-state index is 13.7. The molecule has 1 aliphatic carbocycles. The van der Waals surface area contributed by atoms with E-state index in [2.05, 4.69) is 10.1 Å². The Bertz CT molecular complexity index is 877. The van der Waals surface area contributed by atoms with Crippen LogP contribution in [0, 0.1) is 6.92 Å². The lowest BCUT2D eigenvalue weighted by Gasteiger charge is -2.08. The summed E-state index contributed by atoms with van der Waals surface area (Å²) in [6.07, 6.45) is -0.491. The highest BCUT2D eigenvalue weighted by Crippen LogP contribution is 2.44. The average Bonchev–Trinajstić information content (AvgIpc) is 3.32. The zero-order valence-corrected chi connectivity index (χ0v) is 13.1. The normalized spacial score (nSPS) is 14.8. The highest BCUT2D eigenvalue weighted by atomic mass is 19.3. The van der Waals surface area contributed by atoms with Gasteiger partial charge in [-0.25, -0.2) is 13.8 Å². The summed E-state index contributed by atoms with van der Waals surface area (Å²) in [6, 6.07) is 9.27. The molecular formula is C18H17F2N3. The quantitative estimate of drug-likeness (QED) is 0.698. The summed E-state index contributed by atoms with van der Waals surface area (Å²) in [6.45, 7) is 1.99. The molecule has 1 fully saturated rings. The van der Waals surface area contributed by atoms with E-state index in [-0.39, 0.29) is 5.56 Å². The zero-order valence-electron chi connectivity index (χ0n) is 13.1. The van der Waals surface area contributed by atoms with Crippen LogP contribution in [0.2, 0.25) is 0 Å². The Balaban J connectivity index is 1.97. The fourth-order valence-corrected chi connectivity index (χ4v) is 2.99. The van der Waals surface area contributed by atoms with Crippen LogP contribution in [0.1, 0.15) is 42.0 Å². The standard InChI is InChI=1S/C18H17F2N3/c1-10-3-5-11(6-4-10)14-9-13(17(19)20)15-16(12-7-8-12)22-23(2)18(15)21-14/h3-6,9,12,17H,7-8H2,1-2H3. The molecule has 1 aromatic carbocycles. The van der Waals surface area contributed by atoms with Gasteiger partial charge in [-0.1, -0.05) is 29.8 Å². The van der Waals surface area contributed by atoms with Crippen molar-refractivity contribution < 1.29 is 8.78 Å². The smallest absolute Gasteiger partial charge is 0.250 e. The van der Waals surface area contributed by atoms with Crippen LogP contribution in [0.5, 0.6) is 0 Å². The molecule has 1 aliphatic rings. The number of nitrogens with zero attached hydrogens (tertiary/aromatic N) is 3. The molecule has 1 saturated carbocycles. The molecule has 2 aromatic heterocycles. The Kier molecular flexibility index (Phi) is 3.18. The molecule has 4 rings (SSSR count). The highest BCUT2D eigenvalue weighted by molar-refractivity contribution is 5.86. The first-order valence-electron chi connectivity index (χ1n) is 7.77. The van der Waals surface area contributed by atoms with Crippen molar-refractivity contribution in [2.45, 2.75) is 32.1 Å². The Morgan fingerprint density at radius 2 is 1.87 bits per heavy atom. The molecule has 3 nitrogen and oxygen atoms in total. The number of benzene rings is 1. The van der Waals surface area contributed by atoms with Crippen molar-refractivity contribution in [2.24, 2.45) is 7.05 Å². The number of halogens is 2. The third-order valence-electron chi connectivity index (χ3n) is 4.40. The monoisotopic (exact) mass is 313 g/mol. The summed E-state index contributed by atoms with van der Waals surface area (Å²) in [7, 11) is 1.77.